The topological polar surface area (TPSA) is 12.0 Å². The average molecular weight is 173 g/mol. The number of rotatable bonds is 6. The number of hydrogen-bond donors (Lipinski definition) is 1. The Morgan fingerprint density at radius 3 is 2.73 bits per heavy atom. The first kappa shape index (κ1) is 9.40. The summed E-state index contributed by atoms with van der Waals surface area (Å²) in [7, 11) is 0. The van der Waals surface area contributed by atoms with Crippen molar-refractivity contribution in [3.8, 4) is 0 Å². The molecule has 0 saturated heterocycles. The highest BCUT2D eigenvalue weighted by molar-refractivity contribution is 7.98. The molecule has 1 unspecified atom stereocenters. The zero-order chi connectivity index (χ0) is 8.10. The van der Waals surface area contributed by atoms with Gasteiger partial charge in [0.2, 0.25) is 0 Å². The highest BCUT2D eigenvalue weighted by Crippen LogP contribution is 2.33. The summed E-state index contributed by atoms with van der Waals surface area (Å²) in [5.41, 5.74) is 0. The minimum Gasteiger partial charge on any atom is -0.313 e. The third-order valence-corrected chi connectivity index (χ3v) is 2.96. The zero-order valence-electron chi connectivity index (χ0n) is 7.60. The van der Waals surface area contributed by atoms with Crippen LogP contribution in [0.3, 0.4) is 0 Å². The summed E-state index contributed by atoms with van der Waals surface area (Å²) < 4.78 is 0. The van der Waals surface area contributed by atoms with Crippen LogP contribution in [0.15, 0.2) is 0 Å². The van der Waals surface area contributed by atoms with Gasteiger partial charge in [-0.15, -0.1) is 0 Å². The Balaban J connectivity index is 2.01. The largest absolute Gasteiger partial charge is 0.313 e. The molecule has 0 aromatic carbocycles. The molecule has 66 valence electrons. The van der Waals surface area contributed by atoms with Gasteiger partial charge in [-0.3, -0.25) is 0 Å². The van der Waals surface area contributed by atoms with Crippen LogP contribution in [0.1, 0.15) is 26.2 Å². The summed E-state index contributed by atoms with van der Waals surface area (Å²) in [6, 6.07) is 0.821. The highest BCUT2D eigenvalue weighted by Gasteiger charge is 2.28. The van der Waals surface area contributed by atoms with E-state index < -0.39 is 0 Å². The van der Waals surface area contributed by atoms with Crippen molar-refractivity contribution in [1.82, 2.24) is 5.32 Å². The molecule has 1 aliphatic rings. The molecule has 0 heterocycles. The van der Waals surface area contributed by atoms with Crippen molar-refractivity contribution in [3.05, 3.63) is 0 Å². The molecule has 0 aromatic rings. The summed E-state index contributed by atoms with van der Waals surface area (Å²) >= 11 is 1.92. The molecule has 1 aliphatic carbocycles. The minimum atomic E-state index is 0.821. The molecule has 0 amide bonds. The summed E-state index contributed by atoms with van der Waals surface area (Å²) in [5, 5.41) is 3.61. The summed E-state index contributed by atoms with van der Waals surface area (Å²) in [5.74, 6) is 2.27. The molecule has 0 radical (unpaired) electrons. The van der Waals surface area contributed by atoms with E-state index in [0.717, 1.165) is 12.0 Å². The van der Waals surface area contributed by atoms with Gasteiger partial charge in [-0.05, 0) is 31.4 Å². The van der Waals surface area contributed by atoms with Gasteiger partial charge in [-0.25, -0.2) is 0 Å². The van der Waals surface area contributed by atoms with E-state index >= 15 is 0 Å². The smallest absolute Gasteiger partial charge is 0.00930 e. The van der Waals surface area contributed by atoms with Gasteiger partial charge >= 0.3 is 0 Å². The van der Waals surface area contributed by atoms with Crippen LogP contribution < -0.4 is 5.32 Å². The van der Waals surface area contributed by atoms with E-state index in [-0.39, 0.29) is 0 Å². The predicted molar refractivity (Wildman–Crippen MR) is 53.2 cm³/mol. The van der Waals surface area contributed by atoms with Gasteiger partial charge in [0, 0.05) is 18.3 Å². The molecule has 1 nitrogen and oxygen atoms in total. The number of nitrogens with one attached hydrogen (secondary N) is 1. The van der Waals surface area contributed by atoms with Crippen molar-refractivity contribution in [3.63, 3.8) is 0 Å². The summed E-state index contributed by atoms with van der Waals surface area (Å²) in [6.45, 7) is 3.48. The standard InChI is InChI=1S/C9H19NS/c1-3-9(8-4-5-8)10-6-7-11-2/h8-10H,3-7H2,1-2H3. The average Bonchev–Trinajstić information content (AvgIpc) is 2.81. The van der Waals surface area contributed by atoms with Crippen molar-refractivity contribution in [2.24, 2.45) is 5.92 Å². The first-order valence-corrected chi connectivity index (χ1v) is 6.00. The number of hydrogen-bond acceptors (Lipinski definition) is 2. The van der Waals surface area contributed by atoms with E-state index in [1.165, 1.54) is 31.6 Å². The van der Waals surface area contributed by atoms with E-state index in [1.54, 1.807) is 0 Å². The highest BCUT2D eigenvalue weighted by atomic mass is 32.2. The van der Waals surface area contributed by atoms with Gasteiger partial charge in [-0.1, -0.05) is 6.92 Å². The van der Waals surface area contributed by atoms with Crippen LogP contribution in [0.5, 0.6) is 0 Å². The maximum atomic E-state index is 3.61. The van der Waals surface area contributed by atoms with E-state index in [4.69, 9.17) is 0 Å². The van der Waals surface area contributed by atoms with Gasteiger partial charge in [0.25, 0.3) is 0 Å². The lowest BCUT2D eigenvalue weighted by molar-refractivity contribution is 0.464. The second-order valence-corrected chi connectivity index (χ2v) is 4.28. The Hall–Kier alpha value is 0.310. The second-order valence-electron chi connectivity index (χ2n) is 3.30. The van der Waals surface area contributed by atoms with Crippen LogP contribution in [-0.4, -0.2) is 24.6 Å². The van der Waals surface area contributed by atoms with Crippen LogP contribution in [-0.2, 0) is 0 Å². The Labute approximate surface area is 74.3 Å². The van der Waals surface area contributed by atoms with Gasteiger partial charge < -0.3 is 5.32 Å². The molecule has 2 heteroatoms. The Kier molecular flexibility index (Phi) is 4.31. The number of thioether (sulfide) groups is 1. The second kappa shape index (κ2) is 5.04. The molecular weight excluding hydrogens is 154 g/mol. The molecule has 1 fully saturated rings. The molecule has 1 saturated carbocycles. The lowest BCUT2D eigenvalue weighted by Crippen LogP contribution is -2.32. The summed E-state index contributed by atoms with van der Waals surface area (Å²) in [4.78, 5) is 0. The first-order valence-electron chi connectivity index (χ1n) is 4.60. The third-order valence-electron chi connectivity index (χ3n) is 2.34. The van der Waals surface area contributed by atoms with Gasteiger partial charge in [-0.2, -0.15) is 11.8 Å². The molecule has 0 spiro atoms. The molecular formula is C9H19NS. The fourth-order valence-electron chi connectivity index (χ4n) is 1.49. The molecule has 1 atom stereocenters. The molecule has 1 rings (SSSR count). The monoisotopic (exact) mass is 173 g/mol. The third kappa shape index (κ3) is 3.48. The van der Waals surface area contributed by atoms with Crippen LogP contribution in [0.4, 0.5) is 0 Å². The Morgan fingerprint density at radius 2 is 2.27 bits per heavy atom. The normalized spacial score (nSPS) is 20.2. The predicted octanol–water partition coefficient (Wildman–Crippen LogP) is 2.13. The lowest BCUT2D eigenvalue weighted by Gasteiger charge is -2.15. The molecule has 0 bridgehead atoms. The molecule has 1 N–H and O–H groups in total. The van der Waals surface area contributed by atoms with Crippen molar-refractivity contribution in [2.45, 2.75) is 32.2 Å². The zero-order valence-corrected chi connectivity index (χ0v) is 8.41. The quantitative estimate of drug-likeness (QED) is 0.618. The van der Waals surface area contributed by atoms with E-state index in [9.17, 15) is 0 Å². The molecule has 0 aliphatic heterocycles. The fourth-order valence-corrected chi connectivity index (χ4v) is 1.81. The Bertz CT molecular complexity index is 102. The van der Waals surface area contributed by atoms with Crippen molar-refractivity contribution < 1.29 is 0 Å². The van der Waals surface area contributed by atoms with E-state index in [2.05, 4.69) is 18.5 Å². The van der Waals surface area contributed by atoms with Crippen LogP contribution >= 0.6 is 11.8 Å². The van der Waals surface area contributed by atoms with Crippen LogP contribution in [0.2, 0.25) is 0 Å². The van der Waals surface area contributed by atoms with Crippen molar-refractivity contribution >= 4 is 11.8 Å². The first-order chi connectivity index (χ1) is 5.38. The van der Waals surface area contributed by atoms with Gasteiger partial charge in [0.15, 0.2) is 0 Å². The maximum Gasteiger partial charge on any atom is 0.00930 e. The van der Waals surface area contributed by atoms with E-state index in [1.807, 2.05) is 11.8 Å². The SMILES string of the molecule is CCC(NCCSC)C1CC1. The Morgan fingerprint density at radius 1 is 1.55 bits per heavy atom. The van der Waals surface area contributed by atoms with Crippen molar-refractivity contribution in [1.29, 1.82) is 0 Å². The van der Waals surface area contributed by atoms with Crippen LogP contribution in [0, 0.1) is 5.92 Å². The minimum absolute atomic E-state index is 0.821. The molecule has 0 aromatic heterocycles. The van der Waals surface area contributed by atoms with Gasteiger partial charge in [0.05, 0.1) is 0 Å². The summed E-state index contributed by atoms with van der Waals surface area (Å²) in [6.07, 6.45) is 6.40. The molecule has 11 heavy (non-hydrogen) atoms. The fraction of sp³-hybridized carbons (Fsp3) is 1.00. The van der Waals surface area contributed by atoms with Crippen molar-refractivity contribution in [2.75, 3.05) is 18.6 Å². The van der Waals surface area contributed by atoms with Crippen LogP contribution in [0.25, 0.3) is 0 Å². The van der Waals surface area contributed by atoms with E-state index in [0.29, 0.717) is 0 Å². The maximum absolute atomic E-state index is 3.61. The lowest BCUT2D eigenvalue weighted by atomic mass is 10.1. The van der Waals surface area contributed by atoms with Gasteiger partial charge in [0.1, 0.15) is 0 Å².